The van der Waals surface area contributed by atoms with E-state index in [-0.39, 0.29) is 0 Å². The third kappa shape index (κ3) is 3.90. The molecule has 0 aliphatic carbocycles. The molecular weight excluding hydrogens is 382 g/mol. The Bertz CT molecular complexity index is 722. The summed E-state index contributed by atoms with van der Waals surface area (Å²) in [7, 11) is 0. The highest BCUT2D eigenvalue weighted by molar-refractivity contribution is 9.10. The molecule has 1 aliphatic rings. The van der Waals surface area contributed by atoms with E-state index in [1.54, 1.807) is 0 Å². The Hall–Kier alpha value is -1.59. The molecule has 0 unspecified atom stereocenters. The zero-order valence-electron chi connectivity index (χ0n) is 14.1. The predicted octanol–water partition coefficient (Wildman–Crippen LogP) is 4.58. The van der Waals surface area contributed by atoms with Gasteiger partial charge in [-0.15, -0.1) is 0 Å². The van der Waals surface area contributed by atoms with Gasteiger partial charge in [0.2, 0.25) is 0 Å². The average Bonchev–Trinajstić information content (AvgIpc) is 2.59. The van der Waals surface area contributed by atoms with Crippen LogP contribution in [0.15, 0.2) is 46.9 Å². The number of nitrogens with one attached hydrogen (secondary N) is 1. The summed E-state index contributed by atoms with van der Waals surface area (Å²) in [5.41, 5.74) is 5.10. The Kier molecular flexibility index (Phi) is 5.41. The van der Waals surface area contributed by atoms with E-state index in [4.69, 9.17) is 12.2 Å². The van der Waals surface area contributed by atoms with E-state index < -0.39 is 0 Å². The van der Waals surface area contributed by atoms with Gasteiger partial charge in [-0.25, -0.2) is 0 Å². The van der Waals surface area contributed by atoms with Crippen LogP contribution in [0.5, 0.6) is 0 Å². The van der Waals surface area contributed by atoms with Crippen LogP contribution in [0.25, 0.3) is 0 Å². The van der Waals surface area contributed by atoms with Crippen LogP contribution in [0.4, 0.5) is 11.4 Å². The van der Waals surface area contributed by atoms with Crippen molar-refractivity contribution in [2.45, 2.75) is 13.8 Å². The fourth-order valence-electron chi connectivity index (χ4n) is 2.96. The van der Waals surface area contributed by atoms with Crippen molar-refractivity contribution in [2.75, 3.05) is 36.4 Å². The van der Waals surface area contributed by atoms with Crippen LogP contribution in [-0.4, -0.2) is 36.2 Å². The molecule has 1 aliphatic heterocycles. The summed E-state index contributed by atoms with van der Waals surface area (Å²) in [5, 5.41) is 4.14. The molecular formula is C19H22BrN3S. The number of halogens is 1. The Balaban J connectivity index is 1.59. The highest BCUT2D eigenvalue weighted by Crippen LogP contribution is 2.24. The van der Waals surface area contributed by atoms with Crippen LogP contribution in [-0.2, 0) is 0 Å². The van der Waals surface area contributed by atoms with Gasteiger partial charge in [-0.05, 0) is 67.5 Å². The van der Waals surface area contributed by atoms with E-state index in [0.29, 0.717) is 0 Å². The monoisotopic (exact) mass is 403 g/mol. The maximum Gasteiger partial charge on any atom is 0.173 e. The molecule has 3 nitrogen and oxygen atoms in total. The van der Waals surface area contributed by atoms with Crippen molar-refractivity contribution >= 4 is 44.6 Å². The van der Waals surface area contributed by atoms with Crippen LogP contribution in [0.3, 0.4) is 0 Å². The van der Waals surface area contributed by atoms with Crippen molar-refractivity contribution in [1.82, 2.24) is 4.90 Å². The summed E-state index contributed by atoms with van der Waals surface area (Å²) in [6, 6.07) is 14.6. The lowest BCUT2D eigenvalue weighted by molar-refractivity contribution is 0.390. The Labute approximate surface area is 157 Å². The van der Waals surface area contributed by atoms with Crippen LogP contribution in [0, 0.1) is 13.8 Å². The summed E-state index contributed by atoms with van der Waals surface area (Å²) >= 11 is 9.03. The first-order valence-corrected chi connectivity index (χ1v) is 9.37. The highest BCUT2D eigenvalue weighted by atomic mass is 79.9. The van der Waals surface area contributed by atoms with E-state index in [0.717, 1.165) is 41.5 Å². The molecule has 5 heteroatoms. The summed E-state index contributed by atoms with van der Waals surface area (Å²) in [6.45, 7) is 8.24. The molecule has 0 atom stereocenters. The van der Waals surface area contributed by atoms with Crippen LogP contribution < -0.4 is 10.2 Å². The average molecular weight is 404 g/mol. The molecule has 1 saturated heterocycles. The number of nitrogens with zero attached hydrogens (tertiary/aromatic N) is 2. The molecule has 3 rings (SSSR count). The zero-order valence-corrected chi connectivity index (χ0v) is 16.5. The molecule has 0 saturated carbocycles. The molecule has 1 N–H and O–H groups in total. The molecule has 0 radical (unpaired) electrons. The second kappa shape index (κ2) is 7.53. The SMILES string of the molecule is Cc1cccc(N2CCN(C(=S)Nc3ccc(Br)cc3)CC2)c1C. The van der Waals surface area contributed by atoms with Gasteiger partial charge in [0.1, 0.15) is 0 Å². The molecule has 2 aromatic rings. The zero-order chi connectivity index (χ0) is 17.1. The van der Waals surface area contributed by atoms with Crippen molar-refractivity contribution in [3.8, 4) is 0 Å². The summed E-state index contributed by atoms with van der Waals surface area (Å²) in [4.78, 5) is 4.71. The van der Waals surface area contributed by atoms with Crippen LogP contribution in [0.2, 0.25) is 0 Å². The lowest BCUT2D eigenvalue weighted by Crippen LogP contribution is -2.50. The van der Waals surface area contributed by atoms with E-state index in [1.165, 1.54) is 16.8 Å². The van der Waals surface area contributed by atoms with Gasteiger partial charge < -0.3 is 15.1 Å². The molecule has 0 aromatic heterocycles. The summed E-state index contributed by atoms with van der Waals surface area (Å²) in [6.07, 6.45) is 0. The summed E-state index contributed by atoms with van der Waals surface area (Å²) < 4.78 is 1.07. The third-order valence-electron chi connectivity index (χ3n) is 4.58. The molecule has 1 heterocycles. The predicted molar refractivity (Wildman–Crippen MR) is 110 cm³/mol. The number of hydrogen-bond donors (Lipinski definition) is 1. The number of anilines is 2. The topological polar surface area (TPSA) is 18.5 Å². The van der Waals surface area contributed by atoms with Gasteiger partial charge in [0.05, 0.1) is 0 Å². The maximum absolute atomic E-state index is 5.58. The second-order valence-electron chi connectivity index (χ2n) is 6.13. The number of benzene rings is 2. The largest absolute Gasteiger partial charge is 0.368 e. The second-order valence-corrected chi connectivity index (χ2v) is 7.43. The quantitative estimate of drug-likeness (QED) is 0.738. The van der Waals surface area contributed by atoms with E-state index >= 15 is 0 Å². The standard InChI is InChI=1S/C19H22BrN3S/c1-14-4-3-5-18(15(14)2)22-10-12-23(13-11-22)19(24)21-17-8-6-16(20)7-9-17/h3-9H,10-13H2,1-2H3,(H,21,24). The Morgan fingerprint density at radius 2 is 1.67 bits per heavy atom. The van der Waals surface area contributed by atoms with Gasteiger partial charge in [0, 0.05) is 42.0 Å². The minimum atomic E-state index is 0.804. The first-order chi connectivity index (χ1) is 11.5. The lowest BCUT2D eigenvalue weighted by atomic mass is 10.1. The lowest BCUT2D eigenvalue weighted by Gasteiger charge is -2.38. The van der Waals surface area contributed by atoms with Gasteiger partial charge in [-0.2, -0.15) is 0 Å². The first-order valence-electron chi connectivity index (χ1n) is 8.17. The fraction of sp³-hybridized carbons (Fsp3) is 0.316. The van der Waals surface area contributed by atoms with Crippen LogP contribution >= 0.6 is 28.1 Å². The normalized spacial score (nSPS) is 14.6. The number of thiocarbonyl (C=S) groups is 1. The van der Waals surface area contributed by atoms with Crippen molar-refractivity contribution < 1.29 is 0 Å². The maximum atomic E-state index is 5.58. The Morgan fingerprint density at radius 3 is 2.33 bits per heavy atom. The summed E-state index contributed by atoms with van der Waals surface area (Å²) in [5.74, 6) is 0. The molecule has 24 heavy (non-hydrogen) atoms. The number of rotatable bonds is 2. The minimum Gasteiger partial charge on any atom is -0.368 e. The Morgan fingerprint density at radius 1 is 1.00 bits per heavy atom. The molecule has 126 valence electrons. The van der Waals surface area contributed by atoms with Crippen molar-refractivity contribution in [3.63, 3.8) is 0 Å². The number of hydrogen-bond acceptors (Lipinski definition) is 2. The number of piperazine rings is 1. The highest BCUT2D eigenvalue weighted by Gasteiger charge is 2.20. The molecule has 2 aromatic carbocycles. The minimum absolute atomic E-state index is 0.804. The first kappa shape index (κ1) is 17.2. The van der Waals surface area contributed by atoms with Gasteiger partial charge in [0.15, 0.2) is 5.11 Å². The van der Waals surface area contributed by atoms with Gasteiger partial charge >= 0.3 is 0 Å². The van der Waals surface area contributed by atoms with Crippen LogP contribution in [0.1, 0.15) is 11.1 Å². The third-order valence-corrected chi connectivity index (χ3v) is 5.47. The number of aryl methyl sites for hydroxylation is 1. The van der Waals surface area contributed by atoms with Gasteiger partial charge in [-0.1, -0.05) is 28.1 Å². The van der Waals surface area contributed by atoms with E-state index in [9.17, 15) is 0 Å². The van der Waals surface area contributed by atoms with Gasteiger partial charge in [0.25, 0.3) is 0 Å². The van der Waals surface area contributed by atoms with Crippen molar-refractivity contribution in [1.29, 1.82) is 0 Å². The van der Waals surface area contributed by atoms with Crippen molar-refractivity contribution in [2.24, 2.45) is 0 Å². The molecule has 0 amide bonds. The van der Waals surface area contributed by atoms with E-state index in [2.05, 4.69) is 63.1 Å². The van der Waals surface area contributed by atoms with E-state index in [1.807, 2.05) is 24.3 Å². The molecule has 1 fully saturated rings. The molecule has 0 spiro atoms. The smallest absolute Gasteiger partial charge is 0.173 e. The van der Waals surface area contributed by atoms with Crippen molar-refractivity contribution in [3.05, 3.63) is 58.1 Å². The van der Waals surface area contributed by atoms with Gasteiger partial charge in [-0.3, -0.25) is 0 Å². The fourth-order valence-corrected chi connectivity index (χ4v) is 3.53. The molecule has 0 bridgehead atoms.